The van der Waals surface area contributed by atoms with Gasteiger partial charge in [0.15, 0.2) is 11.2 Å². The quantitative estimate of drug-likeness (QED) is 0.844. The van der Waals surface area contributed by atoms with Gasteiger partial charge in [-0.15, -0.1) is 0 Å². The van der Waals surface area contributed by atoms with Gasteiger partial charge in [0.2, 0.25) is 5.95 Å². The van der Waals surface area contributed by atoms with Gasteiger partial charge in [0.25, 0.3) is 5.56 Å². The van der Waals surface area contributed by atoms with Gasteiger partial charge in [0.05, 0.1) is 11.8 Å². The van der Waals surface area contributed by atoms with Crippen molar-refractivity contribution in [2.75, 3.05) is 11.6 Å². The SMILES string of the molecule is CCn1c(=O)c2c(nc3n2C(C)C(C)=NN3CCC(C)C)n(C)c1=O. The van der Waals surface area contributed by atoms with Gasteiger partial charge in [-0.05, 0) is 33.1 Å². The number of rotatable bonds is 4. The van der Waals surface area contributed by atoms with E-state index in [4.69, 9.17) is 0 Å². The summed E-state index contributed by atoms with van der Waals surface area (Å²) in [4.78, 5) is 30.0. The zero-order valence-electron chi connectivity index (χ0n) is 15.8. The van der Waals surface area contributed by atoms with Crippen LogP contribution in [0.1, 0.15) is 47.1 Å². The first-order valence-corrected chi connectivity index (χ1v) is 8.82. The van der Waals surface area contributed by atoms with Crippen LogP contribution in [-0.4, -0.2) is 30.9 Å². The Labute approximate surface area is 146 Å². The summed E-state index contributed by atoms with van der Waals surface area (Å²) in [6.07, 6.45) is 0.965. The van der Waals surface area contributed by atoms with Crippen LogP contribution < -0.4 is 16.3 Å². The molecule has 2 aromatic rings. The van der Waals surface area contributed by atoms with Gasteiger partial charge in [-0.1, -0.05) is 13.8 Å². The molecule has 25 heavy (non-hydrogen) atoms. The van der Waals surface area contributed by atoms with Crippen molar-refractivity contribution < 1.29 is 0 Å². The van der Waals surface area contributed by atoms with E-state index in [1.54, 1.807) is 14.0 Å². The van der Waals surface area contributed by atoms with Crippen molar-refractivity contribution >= 4 is 22.8 Å². The summed E-state index contributed by atoms with van der Waals surface area (Å²) < 4.78 is 4.63. The number of fused-ring (bicyclic) bond motifs is 3. The number of nitrogens with zero attached hydrogens (tertiary/aromatic N) is 6. The molecule has 3 heterocycles. The predicted octanol–water partition coefficient (Wildman–Crippen LogP) is 1.72. The second kappa shape index (κ2) is 6.16. The van der Waals surface area contributed by atoms with Gasteiger partial charge in [-0.2, -0.15) is 10.1 Å². The number of hydrazone groups is 1. The molecule has 0 aliphatic carbocycles. The molecule has 8 nitrogen and oxygen atoms in total. The van der Waals surface area contributed by atoms with Crippen LogP contribution in [0.25, 0.3) is 11.2 Å². The number of hydrogen-bond donors (Lipinski definition) is 0. The van der Waals surface area contributed by atoms with Crippen molar-refractivity contribution in [3.8, 4) is 0 Å². The Hall–Kier alpha value is -2.38. The second-order valence-electron chi connectivity index (χ2n) is 7.07. The van der Waals surface area contributed by atoms with Gasteiger partial charge >= 0.3 is 5.69 Å². The summed E-state index contributed by atoms with van der Waals surface area (Å²) in [6, 6.07) is -0.0780. The Balaban J connectivity index is 2.31. The third kappa shape index (κ3) is 2.60. The molecule has 0 bridgehead atoms. The summed E-state index contributed by atoms with van der Waals surface area (Å²) in [6.45, 7) is 11.1. The second-order valence-corrected chi connectivity index (χ2v) is 7.07. The number of anilines is 1. The summed E-state index contributed by atoms with van der Waals surface area (Å²) in [7, 11) is 1.66. The van der Waals surface area contributed by atoms with Crippen LogP contribution in [0.2, 0.25) is 0 Å². The van der Waals surface area contributed by atoms with E-state index in [2.05, 4.69) is 23.9 Å². The van der Waals surface area contributed by atoms with Gasteiger partial charge in [-0.3, -0.25) is 18.5 Å². The van der Waals surface area contributed by atoms with Crippen molar-refractivity contribution in [1.29, 1.82) is 0 Å². The third-order valence-corrected chi connectivity index (χ3v) is 4.89. The van der Waals surface area contributed by atoms with Crippen LogP contribution in [0.3, 0.4) is 0 Å². The minimum absolute atomic E-state index is 0.0780. The zero-order chi connectivity index (χ0) is 18.5. The van der Waals surface area contributed by atoms with E-state index in [0.29, 0.717) is 29.6 Å². The Kier molecular flexibility index (Phi) is 4.30. The fraction of sp³-hybridized carbons (Fsp3) is 0.647. The number of imidazole rings is 1. The van der Waals surface area contributed by atoms with Gasteiger partial charge in [0, 0.05) is 20.1 Å². The average molecular weight is 346 g/mol. The Morgan fingerprint density at radius 1 is 1.24 bits per heavy atom. The molecule has 1 atom stereocenters. The monoisotopic (exact) mass is 346 g/mol. The number of aryl methyl sites for hydroxylation is 1. The van der Waals surface area contributed by atoms with Crippen LogP contribution >= 0.6 is 0 Å². The normalized spacial score (nSPS) is 17.3. The summed E-state index contributed by atoms with van der Waals surface area (Å²) >= 11 is 0. The lowest BCUT2D eigenvalue weighted by Gasteiger charge is -2.29. The molecule has 1 aliphatic rings. The van der Waals surface area contributed by atoms with E-state index in [1.165, 1.54) is 9.13 Å². The van der Waals surface area contributed by atoms with Crippen LogP contribution in [0.5, 0.6) is 0 Å². The van der Waals surface area contributed by atoms with Crippen molar-refractivity contribution in [3.63, 3.8) is 0 Å². The van der Waals surface area contributed by atoms with Crippen LogP contribution in [0.15, 0.2) is 14.7 Å². The minimum Gasteiger partial charge on any atom is -0.294 e. The molecule has 2 aromatic heterocycles. The summed E-state index contributed by atoms with van der Waals surface area (Å²) in [5.74, 6) is 1.17. The predicted molar refractivity (Wildman–Crippen MR) is 99.5 cm³/mol. The fourth-order valence-corrected chi connectivity index (χ4v) is 3.19. The molecule has 0 radical (unpaired) electrons. The lowest BCUT2D eigenvalue weighted by Crippen LogP contribution is -2.40. The van der Waals surface area contributed by atoms with E-state index < -0.39 is 0 Å². The van der Waals surface area contributed by atoms with Crippen molar-refractivity contribution in [2.45, 2.75) is 53.6 Å². The Bertz CT molecular complexity index is 962. The van der Waals surface area contributed by atoms with E-state index in [9.17, 15) is 9.59 Å². The van der Waals surface area contributed by atoms with Gasteiger partial charge in [0.1, 0.15) is 0 Å². The first kappa shape index (κ1) is 17.4. The average Bonchev–Trinajstić information content (AvgIpc) is 2.96. The first-order chi connectivity index (χ1) is 11.8. The van der Waals surface area contributed by atoms with Crippen LogP contribution in [0.4, 0.5) is 5.95 Å². The molecular formula is C17H26N6O2. The zero-order valence-corrected chi connectivity index (χ0v) is 15.8. The van der Waals surface area contributed by atoms with E-state index in [-0.39, 0.29) is 17.3 Å². The molecule has 0 N–H and O–H groups in total. The topological polar surface area (TPSA) is 77.4 Å². The maximum Gasteiger partial charge on any atom is 0.332 e. The highest BCUT2D eigenvalue weighted by Crippen LogP contribution is 2.30. The smallest absolute Gasteiger partial charge is 0.294 e. The molecule has 0 saturated heterocycles. The molecule has 136 valence electrons. The molecular weight excluding hydrogens is 320 g/mol. The fourth-order valence-electron chi connectivity index (χ4n) is 3.19. The summed E-state index contributed by atoms with van der Waals surface area (Å²) in [5, 5.41) is 6.52. The number of hydrogen-bond acceptors (Lipinski definition) is 5. The van der Waals surface area contributed by atoms with Gasteiger partial charge < -0.3 is 0 Å². The molecule has 0 saturated carbocycles. The van der Waals surface area contributed by atoms with E-state index >= 15 is 0 Å². The lowest BCUT2D eigenvalue weighted by molar-refractivity contribution is 0.554. The van der Waals surface area contributed by atoms with Crippen LogP contribution in [-0.2, 0) is 13.6 Å². The maximum absolute atomic E-state index is 12.9. The molecule has 0 aromatic carbocycles. The molecule has 3 rings (SSSR count). The molecule has 1 aliphatic heterocycles. The van der Waals surface area contributed by atoms with Crippen molar-refractivity contribution in [3.05, 3.63) is 20.8 Å². The highest BCUT2D eigenvalue weighted by Gasteiger charge is 2.30. The van der Waals surface area contributed by atoms with Crippen LogP contribution in [0, 0.1) is 5.92 Å². The maximum atomic E-state index is 12.9. The Morgan fingerprint density at radius 2 is 1.92 bits per heavy atom. The summed E-state index contributed by atoms with van der Waals surface area (Å²) in [5.41, 5.74) is 1.18. The van der Waals surface area contributed by atoms with Crippen molar-refractivity contribution in [1.82, 2.24) is 18.7 Å². The Morgan fingerprint density at radius 3 is 2.52 bits per heavy atom. The molecule has 1 unspecified atom stereocenters. The minimum atomic E-state index is -0.338. The van der Waals surface area contributed by atoms with Gasteiger partial charge in [-0.25, -0.2) is 9.80 Å². The third-order valence-electron chi connectivity index (χ3n) is 4.89. The standard InChI is InChI=1S/C17H26N6O2/c1-7-21-15(24)13-14(20(6)17(21)25)18-16-22(9-8-10(2)3)19-11(4)12(5)23(13)16/h10,12H,7-9H2,1-6H3. The van der Waals surface area contributed by atoms with Crippen molar-refractivity contribution in [2.24, 2.45) is 18.1 Å². The highest BCUT2D eigenvalue weighted by atomic mass is 16.2. The lowest BCUT2D eigenvalue weighted by atomic mass is 10.1. The largest absolute Gasteiger partial charge is 0.332 e. The highest BCUT2D eigenvalue weighted by molar-refractivity contribution is 5.91. The molecule has 8 heteroatoms. The molecule has 0 fully saturated rings. The molecule has 0 amide bonds. The van der Waals surface area contributed by atoms with E-state index in [1.807, 2.05) is 23.4 Å². The first-order valence-electron chi connectivity index (χ1n) is 8.82. The number of aromatic nitrogens is 4. The molecule has 0 spiro atoms. The van der Waals surface area contributed by atoms with E-state index in [0.717, 1.165) is 18.7 Å².